The van der Waals surface area contributed by atoms with Gasteiger partial charge in [-0.25, -0.2) is 9.97 Å². The second-order valence-electron chi connectivity index (χ2n) is 4.69. The average molecular weight is 313 g/mol. The van der Waals surface area contributed by atoms with Crippen LogP contribution < -0.4 is 5.32 Å². The zero-order valence-corrected chi connectivity index (χ0v) is 12.4. The number of nitrogens with zero attached hydrogens (tertiary/aromatic N) is 3. The number of nitrogens with one attached hydrogen (secondary N) is 1. The van der Waals surface area contributed by atoms with Crippen LogP contribution in [0.15, 0.2) is 61.3 Å². The summed E-state index contributed by atoms with van der Waals surface area (Å²) in [5.41, 5.74) is 1.45. The van der Waals surface area contributed by atoms with Crippen molar-refractivity contribution in [2.75, 3.05) is 0 Å². The van der Waals surface area contributed by atoms with Crippen molar-refractivity contribution in [3.8, 4) is 5.82 Å². The number of amides is 1. The molecule has 1 aromatic carbocycles. The van der Waals surface area contributed by atoms with Gasteiger partial charge in [0.2, 0.25) is 0 Å². The Balaban J connectivity index is 1.65. The zero-order chi connectivity index (χ0) is 15.4. The Labute approximate surface area is 132 Å². The standard InChI is InChI=1S/C16H13ClN4O/c17-14-3-1-2-12(8-14)9-20-16(22)13-4-5-15(19-10-13)21-7-6-18-11-21/h1-8,10-11H,9H2,(H,20,22). The van der Waals surface area contributed by atoms with Crippen LogP contribution in [0.25, 0.3) is 5.82 Å². The van der Waals surface area contributed by atoms with Crippen molar-refractivity contribution in [3.05, 3.63) is 77.5 Å². The molecular weight excluding hydrogens is 300 g/mol. The molecule has 0 radical (unpaired) electrons. The van der Waals surface area contributed by atoms with E-state index in [0.29, 0.717) is 22.9 Å². The highest BCUT2D eigenvalue weighted by molar-refractivity contribution is 6.30. The second kappa shape index (κ2) is 6.41. The lowest BCUT2D eigenvalue weighted by atomic mass is 10.2. The van der Waals surface area contributed by atoms with Gasteiger partial charge in [-0.15, -0.1) is 0 Å². The van der Waals surface area contributed by atoms with Gasteiger partial charge in [0.05, 0.1) is 5.56 Å². The van der Waals surface area contributed by atoms with Crippen LogP contribution in [-0.4, -0.2) is 20.4 Å². The third kappa shape index (κ3) is 3.32. The average Bonchev–Trinajstić information content (AvgIpc) is 3.07. The van der Waals surface area contributed by atoms with Gasteiger partial charge in [-0.05, 0) is 29.8 Å². The molecule has 0 saturated carbocycles. The molecule has 1 N–H and O–H groups in total. The van der Waals surface area contributed by atoms with Crippen LogP contribution in [0.2, 0.25) is 5.02 Å². The number of carbonyl (C=O) groups excluding carboxylic acids is 1. The molecule has 110 valence electrons. The van der Waals surface area contributed by atoms with Crippen molar-refractivity contribution in [1.82, 2.24) is 19.9 Å². The molecule has 0 fully saturated rings. The minimum Gasteiger partial charge on any atom is -0.348 e. The predicted octanol–water partition coefficient (Wildman–Crippen LogP) is 2.85. The highest BCUT2D eigenvalue weighted by Gasteiger charge is 2.06. The molecule has 0 bridgehead atoms. The van der Waals surface area contributed by atoms with Gasteiger partial charge in [-0.3, -0.25) is 9.36 Å². The van der Waals surface area contributed by atoms with E-state index in [4.69, 9.17) is 11.6 Å². The third-order valence-corrected chi connectivity index (χ3v) is 3.36. The van der Waals surface area contributed by atoms with Gasteiger partial charge >= 0.3 is 0 Å². The summed E-state index contributed by atoms with van der Waals surface area (Å²) < 4.78 is 1.77. The molecule has 2 heterocycles. The molecule has 6 heteroatoms. The van der Waals surface area contributed by atoms with E-state index >= 15 is 0 Å². The maximum absolute atomic E-state index is 12.1. The number of pyridine rings is 1. The summed E-state index contributed by atoms with van der Waals surface area (Å²) in [6.07, 6.45) is 6.67. The van der Waals surface area contributed by atoms with E-state index in [2.05, 4.69) is 15.3 Å². The Kier molecular flexibility index (Phi) is 4.16. The summed E-state index contributed by atoms with van der Waals surface area (Å²) in [6.45, 7) is 0.419. The summed E-state index contributed by atoms with van der Waals surface area (Å²) in [6, 6.07) is 10.9. The fourth-order valence-electron chi connectivity index (χ4n) is 2.00. The molecule has 0 spiro atoms. The largest absolute Gasteiger partial charge is 0.348 e. The Morgan fingerprint density at radius 3 is 2.86 bits per heavy atom. The van der Waals surface area contributed by atoms with E-state index in [1.165, 1.54) is 0 Å². The molecule has 0 unspecified atom stereocenters. The van der Waals surface area contributed by atoms with E-state index in [0.717, 1.165) is 5.56 Å². The first-order valence-electron chi connectivity index (χ1n) is 6.69. The van der Waals surface area contributed by atoms with Gasteiger partial charge in [-0.1, -0.05) is 23.7 Å². The highest BCUT2D eigenvalue weighted by Crippen LogP contribution is 2.11. The van der Waals surface area contributed by atoms with Crippen LogP contribution in [0.5, 0.6) is 0 Å². The van der Waals surface area contributed by atoms with Crippen LogP contribution in [0.4, 0.5) is 0 Å². The number of hydrogen-bond donors (Lipinski definition) is 1. The number of halogens is 1. The molecule has 0 aliphatic rings. The van der Waals surface area contributed by atoms with Gasteiger partial charge in [0.1, 0.15) is 12.1 Å². The maximum Gasteiger partial charge on any atom is 0.253 e. The topological polar surface area (TPSA) is 59.8 Å². The first-order valence-corrected chi connectivity index (χ1v) is 7.07. The molecule has 0 atom stereocenters. The Bertz CT molecular complexity index is 769. The summed E-state index contributed by atoms with van der Waals surface area (Å²) in [5, 5.41) is 3.49. The Hall–Kier alpha value is -2.66. The fraction of sp³-hybridized carbons (Fsp3) is 0.0625. The molecule has 0 aliphatic heterocycles. The van der Waals surface area contributed by atoms with E-state index < -0.39 is 0 Å². The molecule has 0 saturated heterocycles. The summed E-state index contributed by atoms with van der Waals surface area (Å²) in [4.78, 5) is 20.3. The van der Waals surface area contributed by atoms with Crippen molar-refractivity contribution in [2.45, 2.75) is 6.54 Å². The van der Waals surface area contributed by atoms with Crippen LogP contribution in [0, 0.1) is 0 Å². The van der Waals surface area contributed by atoms with E-state index in [1.54, 1.807) is 47.7 Å². The predicted molar refractivity (Wildman–Crippen MR) is 84.0 cm³/mol. The van der Waals surface area contributed by atoms with Gasteiger partial charge < -0.3 is 5.32 Å². The number of aromatic nitrogens is 3. The summed E-state index contributed by atoms with van der Waals surface area (Å²) >= 11 is 5.91. The van der Waals surface area contributed by atoms with E-state index in [-0.39, 0.29) is 5.91 Å². The number of benzene rings is 1. The van der Waals surface area contributed by atoms with Crippen LogP contribution in [0.1, 0.15) is 15.9 Å². The maximum atomic E-state index is 12.1. The number of imidazole rings is 1. The molecule has 3 rings (SSSR count). The Morgan fingerprint density at radius 2 is 2.18 bits per heavy atom. The zero-order valence-electron chi connectivity index (χ0n) is 11.6. The first-order chi connectivity index (χ1) is 10.7. The van der Waals surface area contributed by atoms with Crippen molar-refractivity contribution < 1.29 is 4.79 Å². The third-order valence-electron chi connectivity index (χ3n) is 3.12. The monoisotopic (exact) mass is 312 g/mol. The summed E-state index contributed by atoms with van der Waals surface area (Å²) in [7, 11) is 0. The van der Waals surface area contributed by atoms with Crippen molar-refractivity contribution in [3.63, 3.8) is 0 Å². The van der Waals surface area contributed by atoms with Gasteiger partial charge in [0.15, 0.2) is 0 Å². The van der Waals surface area contributed by atoms with Crippen LogP contribution in [-0.2, 0) is 6.54 Å². The fourth-order valence-corrected chi connectivity index (χ4v) is 2.21. The SMILES string of the molecule is O=C(NCc1cccc(Cl)c1)c1ccc(-n2ccnc2)nc1. The van der Waals surface area contributed by atoms with Crippen LogP contribution in [0.3, 0.4) is 0 Å². The molecular formula is C16H13ClN4O. The number of rotatable bonds is 4. The lowest BCUT2D eigenvalue weighted by Gasteiger charge is -2.06. The number of carbonyl (C=O) groups is 1. The van der Waals surface area contributed by atoms with E-state index in [1.807, 2.05) is 18.2 Å². The van der Waals surface area contributed by atoms with E-state index in [9.17, 15) is 4.79 Å². The minimum absolute atomic E-state index is 0.176. The lowest BCUT2D eigenvalue weighted by Crippen LogP contribution is -2.23. The smallest absolute Gasteiger partial charge is 0.253 e. The second-order valence-corrected chi connectivity index (χ2v) is 5.12. The molecule has 0 aliphatic carbocycles. The highest BCUT2D eigenvalue weighted by atomic mass is 35.5. The summed E-state index contributed by atoms with van der Waals surface area (Å²) in [5.74, 6) is 0.536. The van der Waals surface area contributed by atoms with Gasteiger partial charge in [0.25, 0.3) is 5.91 Å². The normalized spacial score (nSPS) is 10.4. The molecule has 22 heavy (non-hydrogen) atoms. The first kappa shape index (κ1) is 14.3. The van der Waals surface area contributed by atoms with Gasteiger partial charge in [-0.2, -0.15) is 0 Å². The molecule has 1 amide bonds. The quantitative estimate of drug-likeness (QED) is 0.806. The molecule has 5 nitrogen and oxygen atoms in total. The number of hydrogen-bond acceptors (Lipinski definition) is 3. The minimum atomic E-state index is -0.176. The lowest BCUT2D eigenvalue weighted by molar-refractivity contribution is 0.0950. The van der Waals surface area contributed by atoms with Gasteiger partial charge in [0, 0.05) is 30.2 Å². The van der Waals surface area contributed by atoms with Crippen LogP contribution >= 0.6 is 11.6 Å². The Morgan fingerprint density at radius 1 is 1.27 bits per heavy atom. The van der Waals surface area contributed by atoms with Crippen molar-refractivity contribution in [1.29, 1.82) is 0 Å². The molecule has 2 aromatic heterocycles. The van der Waals surface area contributed by atoms with Crippen molar-refractivity contribution >= 4 is 17.5 Å². The molecule has 3 aromatic rings. The van der Waals surface area contributed by atoms with Crippen molar-refractivity contribution in [2.24, 2.45) is 0 Å².